The zero-order valence-electron chi connectivity index (χ0n) is 19.8. The third-order valence-corrected chi connectivity index (χ3v) is 6.99. The second kappa shape index (κ2) is 10.6. The van der Waals surface area contributed by atoms with Gasteiger partial charge in [-0.3, -0.25) is 0 Å². The first-order valence-corrected chi connectivity index (χ1v) is 12.3. The molecular formula is C24H22F3N5O4S. The van der Waals surface area contributed by atoms with E-state index in [1.165, 1.54) is 18.5 Å². The molecular weight excluding hydrogens is 511 g/mol. The van der Waals surface area contributed by atoms with Crippen molar-refractivity contribution in [2.75, 3.05) is 14.2 Å². The van der Waals surface area contributed by atoms with E-state index in [1.54, 1.807) is 48.5 Å². The molecule has 0 aliphatic carbocycles. The number of halogens is 3. The lowest BCUT2D eigenvalue weighted by molar-refractivity contribution is -0.137. The van der Waals surface area contributed by atoms with Gasteiger partial charge in [0.1, 0.15) is 11.5 Å². The van der Waals surface area contributed by atoms with Crippen molar-refractivity contribution in [2.24, 2.45) is 0 Å². The van der Waals surface area contributed by atoms with Gasteiger partial charge >= 0.3 is 11.3 Å². The summed E-state index contributed by atoms with van der Waals surface area (Å²) < 4.78 is 77.2. The lowest BCUT2D eigenvalue weighted by Gasteiger charge is -2.21. The predicted octanol–water partition coefficient (Wildman–Crippen LogP) is 4.09. The van der Waals surface area contributed by atoms with Gasteiger partial charge in [0.15, 0.2) is 0 Å². The summed E-state index contributed by atoms with van der Waals surface area (Å²) in [5.41, 5.74) is 0.647. The molecule has 0 saturated carbocycles. The minimum Gasteiger partial charge on any atom is -0.497 e. The van der Waals surface area contributed by atoms with Gasteiger partial charge in [-0.2, -0.15) is 17.5 Å². The molecule has 0 saturated heterocycles. The maximum Gasteiger partial charge on any atom is 0.416 e. The molecule has 0 spiro atoms. The number of ether oxygens (including phenoxy) is 2. The summed E-state index contributed by atoms with van der Waals surface area (Å²) in [4.78, 5) is 0.867. The minimum absolute atomic E-state index is 0.00677. The number of nitrogens with zero attached hydrogens (tertiary/aromatic N) is 5. The number of hydrogen-bond acceptors (Lipinski definition) is 7. The number of benzene rings is 3. The molecule has 3 aromatic carbocycles. The van der Waals surface area contributed by atoms with Crippen molar-refractivity contribution in [3.63, 3.8) is 0 Å². The summed E-state index contributed by atoms with van der Waals surface area (Å²) in [6.45, 7) is -0.0135. The van der Waals surface area contributed by atoms with E-state index < -0.39 is 26.9 Å². The van der Waals surface area contributed by atoms with Gasteiger partial charge in [-0.25, -0.2) is 8.42 Å². The minimum atomic E-state index is -4.51. The SMILES string of the molecule is COc1ccc(CN(Cc2ccc(OC)cc2)S(=O)(=O)c2nnn(-c3ccc(C(F)(F)F)cc3)n2)cc1. The fourth-order valence-corrected chi connectivity index (χ4v) is 4.60. The van der Waals surface area contributed by atoms with E-state index in [0.717, 1.165) is 29.1 Å². The molecule has 0 unspecified atom stereocenters. The van der Waals surface area contributed by atoms with Crippen molar-refractivity contribution in [1.29, 1.82) is 0 Å². The third kappa shape index (κ3) is 6.06. The Bertz CT molecular complexity index is 1390. The summed E-state index contributed by atoms with van der Waals surface area (Å²) in [6.07, 6.45) is -4.51. The Balaban J connectivity index is 1.64. The van der Waals surface area contributed by atoms with Crippen LogP contribution in [0.1, 0.15) is 16.7 Å². The summed E-state index contributed by atoms with van der Waals surface area (Å²) in [6, 6.07) is 17.8. The largest absolute Gasteiger partial charge is 0.497 e. The lowest BCUT2D eigenvalue weighted by atomic mass is 10.2. The van der Waals surface area contributed by atoms with Gasteiger partial charge in [-0.05, 0) is 64.9 Å². The van der Waals surface area contributed by atoms with Gasteiger partial charge in [0.2, 0.25) is 0 Å². The topological polar surface area (TPSA) is 99.4 Å². The molecule has 0 aliphatic heterocycles. The van der Waals surface area contributed by atoms with Crippen LogP contribution in [0.25, 0.3) is 5.69 Å². The molecule has 13 heteroatoms. The predicted molar refractivity (Wildman–Crippen MR) is 127 cm³/mol. The molecule has 4 aromatic rings. The molecule has 0 bridgehead atoms. The van der Waals surface area contributed by atoms with E-state index in [-0.39, 0.29) is 18.8 Å². The second-order valence-corrected chi connectivity index (χ2v) is 9.71. The Kier molecular flexibility index (Phi) is 7.45. The standard InChI is InChI=1S/C24H22F3N5O4S/c1-35-21-11-3-17(4-12-21)15-31(16-18-5-13-22(36-2)14-6-18)37(33,34)23-28-30-32(29-23)20-9-7-19(8-10-20)24(25,26)27/h3-14H,15-16H2,1-2H3. The fourth-order valence-electron chi connectivity index (χ4n) is 3.41. The van der Waals surface area contributed by atoms with Crippen LogP contribution in [-0.2, 0) is 29.3 Å². The molecule has 4 rings (SSSR count). The van der Waals surface area contributed by atoms with Crippen LogP contribution < -0.4 is 9.47 Å². The molecule has 0 amide bonds. The maximum atomic E-state index is 13.6. The molecule has 1 heterocycles. The smallest absolute Gasteiger partial charge is 0.416 e. The summed E-state index contributed by atoms with van der Waals surface area (Å²) in [5.74, 6) is 1.24. The van der Waals surface area contributed by atoms with Crippen molar-refractivity contribution in [3.8, 4) is 17.2 Å². The van der Waals surface area contributed by atoms with Gasteiger partial charge in [0.25, 0.3) is 10.0 Å². The molecule has 194 valence electrons. The van der Waals surface area contributed by atoms with Crippen molar-refractivity contribution >= 4 is 10.0 Å². The maximum absolute atomic E-state index is 13.6. The number of aromatic nitrogens is 4. The van der Waals surface area contributed by atoms with Crippen molar-refractivity contribution in [3.05, 3.63) is 89.5 Å². The van der Waals surface area contributed by atoms with E-state index in [9.17, 15) is 21.6 Å². The molecule has 0 atom stereocenters. The van der Waals surface area contributed by atoms with Crippen LogP contribution in [0.15, 0.2) is 78.0 Å². The number of sulfonamides is 1. The molecule has 0 fully saturated rings. The fraction of sp³-hybridized carbons (Fsp3) is 0.208. The lowest BCUT2D eigenvalue weighted by Crippen LogP contribution is -2.31. The van der Waals surface area contributed by atoms with E-state index in [1.807, 2.05) is 0 Å². The van der Waals surface area contributed by atoms with Gasteiger partial charge < -0.3 is 9.47 Å². The van der Waals surface area contributed by atoms with Crippen LogP contribution in [-0.4, -0.2) is 47.1 Å². The third-order valence-electron chi connectivity index (χ3n) is 5.43. The quantitative estimate of drug-likeness (QED) is 0.320. The summed E-state index contributed by atoms with van der Waals surface area (Å²) in [7, 11) is -1.20. The average Bonchev–Trinajstić information content (AvgIpc) is 3.40. The van der Waals surface area contributed by atoms with Crippen LogP contribution in [0.2, 0.25) is 0 Å². The number of tetrazole rings is 1. The second-order valence-electron chi connectivity index (χ2n) is 7.88. The van der Waals surface area contributed by atoms with Crippen molar-refractivity contribution < 1.29 is 31.1 Å². The zero-order chi connectivity index (χ0) is 26.6. The average molecular weight is 534 g/mol. The summed E-state index contributed by atoms with van der Waals surface area (Å²) >= 11 is 0. The van der Waals surface area contributed by atoms with E-state index in [0.29, 0.717) is 22.6 Å². The van der Waals surface area contributed by atoms with Crippen LogP contribution in [0, 0.1) is 0 Å². The highest BCUT2D eigenvalue weighted by molar-refractivity contribution is 7.88. The van der Waals surface area contributed by atoms with Crippen molar-refractivity contribution in [1.82, 2.24) is 24.5 Å². The number of alkyl halides is 3. The monoisotopic (exact) mass is 533 g/mol. The first-order chi connectivity index (χ1) is 17.6. The van der Waals surface area contributed by atoms with Crippen LogP contribution in [0.5, 0.6) is 11.5 Å². The highest BCUT2D eigenvalue weighted by atomic mass is 32.2. The number of methoxy groups -OCH3 is 2. The Morgan fingerprint density at radius 1 is 0.811 bits per heavy atom. The van der Waals surface area contributed by atoms with Crippen molar-refractivity contribution in [2.45, 2.75) is 24.4 Å². The van der Waals surface area contributed by atoms with Gasteiger partial charge in [-0.15, -0.1) is 9.90 Å². The Morgan fingerprint density at radius 3 is 1.73 bits per heavy atom. The number of hydrogen-bond donors (Lipinski definition) is 0. The molecule has 37 heavy (non-hydrogen) atoms. The van der Waals surface area contributed by atoms with E-state index >= 15 is 0 Å². The normalized spacial score (nSPS) is 12.1. The highest BCUT2D eigenvalue weighted by Gasteiger charge is 2.31. The Hall–Kier alpha value is -3.97. The molecule has 0 N–H and O–H groups in total. The van der Waals surface area contributed by atoms with Crippen LogP contribution in [0.3, 0.4) is 0 Å². The molecule has 9 nitrogen and oxygen atoms in total. The first kappa shape index (κ1) is 26.1. The van der Waals surface area contributed by atoms with Crippen LogP contribution in [0.4, 0.5) is 13.2 Å². The van der Waals surface area contributed by atoms with Crippen LogP contribution >= 0.6 is 0 Å². The van der Waals surface area contributed by atoms with Gasteiger partial charge in [0.05, 0.1) is 25.5 Å². The number of rotatable bonds is 9. The molecule has 0 aliphatic rings. The van der Waals surface area contributed by atoms with E-state index in [4.69, 9.17) is 9.47 Å². The summed E-state index contributed by atoms with van der Waals surface area (Å²) in [5, 5.41) is 10.8. The Labute approximate surface area is 211 Å². The molecule has 0 radical (unpaired) electrons. The molecule has 1 aromatic heterocycles. The Morgan fingerprint density at radius 2 is 1.30 bits per heavy atom. The van der Waals surface area contributed by atoms with E-state index in [2.05, 4.69) is 15.4 Å². The highest BCUT2D eigenvalue weighted by Crippen LogP contribution is 2.29. The van der Waals surface area contributed by atoms with Gasteiger partial charge in [0, 0.05) is 13.1 Å². The first-order valence-electron chi connectivity index (χ1n) is 10.8. The van der Waals surface area contributed by atoms with Gasteiger partial charge in [-0.1, -0.05) is 29.4 Å². The zero-order valence-corrected chi connectivity index (χ0v) is 20.6.